The zero-order valence-electron chi connectivity index (χ0n) is 16.6. The smallest absolute Gasteiger partial charge is 0.263 e. The molecule has 0 aromatic carbocycles. The number of rotatable bonds is 5. The number of furan rings is 1. The van der Waals surface area contributed by atoms with Crippen molar-refractivity contribution in [3.63, 3.8) is 0 Å². The first-order chi connectivity index (χ1) is 13.8. The summed E-state index contributed by atoms with van der Waals surface area (Å²) in [6.07, 6.45) is 3.98. The Morgan fingerprint density at radius 1 is 1.24 bits per heavy atom. The van der Waals surface area contributed by atoms with Crippen LogP contribution in [0, 0.1) is 5.92 Å². The highest BCUT2D eigenvalue weighted by molar-refractivity contribution is 7.89. The minimum absolute atomic E-state index is 0.0238. The number of nitrogens with zero attached hydrogens (tertiary/aromatic N) is 3. The Morgan fingerprint density at radius 3 is 2.72 bits per heavy atom. The second-order valence-electron chi connectivity index (χ2n) is 7.90. The van der Waals surface area contributed by atoms with E-state index in [9.17, 15) is 18.0 Å². The molecule has 156 valence electrons. The average Bonchev–Trinajstić information content (AvgIpc) is 3.21. The number of fused-ring (bicyclic) bond motifs is 4. The van der Waals surface area contributed by atoms with E-state index >= 15 is 0 Å². The van der Waals surface area contributed by atoms with E-state index in [0.29, 0.717) is 26.2 Å². The number of hydrogen-bond donors (Lipinski definition) is 0. The third-order valence-corrected chi connectivity index (χ3v) is 7.72. The normalized spacial score (nSPS) is 21.6. The van der Waals surface area contributed by atoms with Crippen molar-refractivity contribution in [3.8, 4) is 0 Å². The number of carbonyl (C=O) groups is 1. The number of piperidine rings is 1. The summed E-state index contributed by atoms with van der Waals surface area (Å²) in [5.74, 6) is -0.202. The maximum Gasteiger partial charge on any atom is 0.263 e. The number of carbonyl (C=O) groups excluding carboxylic acids is 1. The predicted octanol–water partition coefficient (Wildman–Crippen LogP) is 1.48. The van der Waals surface area contributed by atoms with Crippen LogP contribution >= 0.6 is 0 Å². The van der Waals surface area contributed by atoms with E-state index in [0.717, 1.165) is 17.7 Å². The Kier molecular flexibility index (Phi) is 5.12. The van der Waals surface area contributed by atoms with Crippen LogP contribution in [0.25, 0.3) is 0 Å². The molecular weight excluding hydrogens is 394 g/mol. The second kappa shape index (κ2) is 7.46. The molecule has 2 atom stereocenters. The summed E-state index contributed by atoms with van der Waals surface area (Å²) in [6, 6.07) is 5.17. The van der Waals surface area contributed by atoms with Crippen molar-refractivity contribution in [3.05, 3.63) is 57.9 Å². The van der Waals surface area contributed by atoms with Crippen LogP contribution in [0.1, 0.15) is 40.9 Å². The molecular formula is C20H25N3O5S. The van der Waals surface area contributed by atoms with Gasteiger partial charge in [0.15, 0.2) is 0 Å². The summed E-state index contributed by atoms with van der Waals surface area (Å²) < 4.78 is 32.9. The van der Waals surface area contributed by atoms with Crippen LogP contribution in [0.5, 0.6) is 0 Å². The highest BCUT2D eigenvalue weighted by atomic mass is 32.2. The van der Waals surface area contributed by atoms with Crippen molar-refractivity contribution >= 4 is 15.9 Å². The van der Waals surface area contributed by atoms with Crippen LogP contribution in [0.3, 0.4) is 0 Å². The molecule has 2 aromatic heterocycles. The fourth-order valence-electron chi connectivity index (χ4n) is 4.41. The third kappa shape index (κ3) is 3.64. The van der Waals surface area contributed by atoms with Gasteiger partial charge in [-0.2, -0.15) is 0 Å². The van der Waals surface area contributed by atoms with Gasteiger partial charge in [-0.15, -0.1) is 0 Å². The second-order valence-corrected chi connectivity index (χ2v) is 10.2. The Labute approximate surface area is 169 Å². The molecule has 4 heterocycles. The van der Waals surface area contributed by atoms with Gasteiger partial charge in [0.1, 0.15) is 5.56 Å². The van der Waals surface area contributed by atoms with Crippen molar-refractivity contribution in [1.29, 1.82) is 0 Å². The number of amides is 1. The molecule has 2 aliphatic rings. The number of aromatic nitrogens is 1. The van der Waals surface area contributed by atoms with Gasteiger partial charge in [-0.3, -0.25) is 9.59 Å². The van der Waals surface area contributed by atoms with Gasteiger partial charge in [-0.05, 0) is 37.5 Å². The summed E-state index contributed by atoms with van der Waals surface area (Å²) in [5.41, 5.74) is 1.51. The number of hydrogen-bond acceptors (Lipinski definition) is 5. The van der Waals surface area contributed by atoms with Crippen molar-refractivity contribution in [1.82, 2.24) is 13.8 Å². The van der Waals surface area contributed by atoms with Gasteiger partial charge in [0, 0.05) is 50.4 Å². The molecule has 0 radical (unpaired) electrons. The largest absolute Gasteiger partial charge is 0.472 e. The molecule has 0 aliphatic carbocycles. The van der Waals surface area contributed by atoms with Crippen LogP contribution in [-0.4, -0.2) is 54.0 Å². The summed E-state index contributed by atoms with van der Waals surface area (Å²) in [4.78, 5) is 27.4. The maximum atomic E-state index is 13.1. The fraction of sp³-hybridized carbons (Fsp3) is 0.500. The van der Waals surface area contributed by atoms with Crippen LogP contribution < -0.4 is 5.56 Å². The number of pyridine rings is 1. The molecule has 8 nitrogen and oxygen atoms in total. The molecule has 0 saturated carbocycles. The molecule has 1 saturated heterocycles. The minimum Gasteiger partial charge on any atom is -0.472 e. The van der Waals surface area contributed by atoms with Crippen molar-refractivity contribution in [2.45, 2.75) is 32.4 Å². The highest BCUT2D eigenvalue weighted by Crippen LogP contribution is 2.36. The lowest BCUT2D eigenvalue weighted by Gasteiger charge is -2.42. The van der Waals surface area contributed by atoms with Gasteiger partial charge in [-0.25, -0.2) is 12.7 Å². The number of sulfonamides is 1. The van der Waals surface area contributed by atoms with E-state index in [-0.39, 0.29) is 34.6 Å². The van der Waals surface area contributed by atoms with E-state index in [1.54, 1.807) is 47.5 Å². The summed E-state index contributed by atoms with van der Waals surface area (Å²) in [7, 11) is -1.60. The van der Waals surface area contributed by atoms with Crippen molar-refractivity contribution in [2.75, 3.05) is 25.9 Å². The van der Waals surface area contributed by atoms with Crippen LogP contribution in [0.15, 0.2) is 39.9 Å². The molecule has 4 rings (SSSR count). The van der Waals surface area contributed by atoms with E-state index in [4.69, 9.17) is 4.42 Å². The lowest BCUT2D eigenvalue weighted by atomic mass is 9.84. The Balaban J connectivity index is 1.61. The first kappa shape index (κ1) is 19.9. The summed E-state index contributed by atoms with van der Waals surface area (Å²) in [6.45, 7) is 3.26. The van der Waals surface area contributed by atoms with Gasteiger partial charge < -0.3 is 13.9 Å². The lowest BCUT2D eigenvalue weighted by Crippen LogP contribution is -2.50. The van der Waals surface area contributed by atoms with Crippen LogP contribution in [-0.2, 0) is 23.1 Å². The Morgan fingerprint density at radius 2 is 2.03 bits per heavy atom. The zero-order valence-corrected chi connectivity index (χ0v) is 17.4. The zero-order chi connectivity index (χ0) is 20.8. The Hall–Kier alpha value is -2.39. The lowest BCUT2D eigenvalue weighted by molar-refractivity contribution is 0.0781. The monoisotopic (exact) mass is 419 g/mol. The quantitative estimate of drug-likeness (QED) is 0.732. The Bertz CT molecular complexity index is 1070. The van der Waals surface area contributed by atoms with Crippen molar-refractivity contribution in [2.24, 2.45) is 5.92 Å². The van der Waals surface area contributed by atoms with Crippen LogP contribution in [0.4, 0.5) is 0 Å². The van der Waals surface area contributed by atoms with Gasteiger partial charge in [0.25, 0.3) is 11.5 Å². The van der Waals surface area contributed by atoms with Gasteiger partial charge >= 0.3 is 0 Å². The molecule has 29 heavy (non-hydrogen) atoms. The average molecular weight is 420 g/mol. The van der Waals surface area contributed by atoms with E-state index in [1.807, 2.05) is 6.07 Å². The van der Waals surface area contributed by atoms with E-state index in [2.05, 4.69) is 0 Å². The maximum absolute atomic E-state index is 13.1. The first-order valence-corrected chi connectivity index (χ1v) is 11.4. The predicted molar refractivity (Wildman–Crippen MR) is 107 cm³/mol. The third-order valence-electron chi connectivity index (χ3n) is 5.91. The molecule has 1 fully saturated rings. The SMILES string of the molecule is CCS(=O)(=O)N1C[C@@H]2C[C@H](C1)c1ccc(C(=O)N(C)Cc3ccoc3)c(=O)n1C2. The van der Waals surface area contributed by atoms with E-state index in [1.165, 1.54) is 4.90 Å². The molecule has 2 bridgehead atoms. The van der Waals surface area contributed by atoms with E-state index < -0.39 is 10.0 Å². The van der Waals surface area contributed by atoms with Crippen LogP contribution in [0.2, 0.25) is 0 Å². The van der Waals surface area contributed by atoms with Crippen molar-refractivity contribution < 1.29 is 17.6 Å². The minimum atomic E-state index is -3.26. The molecule has 0 unspecified atom stereocenters. The summed E-state index contributed by atoms with van der Waals surface area (Å²) in [5, 5.41) is 0. The topological polar surface area (TPSA) is 92.8 Å². The standard InChI is InChI=1S/C20H25N3O5S/c1-3-29(26,27)22-10-15-8-16(12-22)18-5-4-17(20(25)23(18)11-15)19(24)21(2)9-14-6-7-28-13-14/h4-7,13,15-16H,3,8-12H2,1-2H3/t15-,16+/m0/s1. The van der Waals surface area contributed by atoms with Gasteiger partial charge in [-0.1, -0.05) is 0 Å². The molecule has 9 heteroatoms. The molecule has 0 N–H and O–H groups in total. The van der Waals surface area contributed by atoms with Gasteiger partial charge in [0.2, 0.25) is 10.0 Å². The molecule has 0 spiro atoms. The molecule has 2 aliphatic heterocycles. The summed E-state index contributed by atoms with van der Waals surface area (Å²) >= 11 is 0. The highest BCUT2D eigenvalue weighted by Gasteiger charge is 2.39. The first-order valence-electron chi connectivity index (χ1n) is 9.78. The van der Waals surface area contributed by atoms with Gasteiger partial charge in [0.05, 0.1) is 18.3 Å². The molecule has 2 aromatic rings. The molecule has 1 amide bonds. The fourth-order valence-corrected chi connectivity index (χ4v) is 5.62.